The highest BCUT2D eigenvalue weighted by molar-refractivity contribution is 5.97. The van der Waals surface area contributed by atoms with E-state index in [1.165, 1.54) is 0 Å². The molecule has 0 spiro atoms. The van der Waals surface area contributed by atoms with Crippen LogP contribution in [0.4, 0.5) is 5.69 Å². The van der Waals surface area contributed by atoms with E-state index in [0.29, 0.717) is 0 Å². The SMILES string of the molecule is CC(=NNc1cccc2cccnc12)c1ccc(C)o1. The van der Waals surface area contributed by atoms with Crippen LogP contribution in [0.25, 0.3) is 10.9 Å². The number of nitrogens with one attached hydrogen (secondary N) is 1. The molecule has 0 saturated carbocycles. The van der Waals surface area contributed by atoms with Crippen molar-refractivity contribution < 1.29 is 4.42 Å². The van der Waals surface area contributed by atoms with Crippen LogP contribution in [0.3, 0.4) is 0 Å². The lowest BCUT2D eigenvalue weighted by molar-refractivity contribution is 0.525. The standard InChI is InChI=1S/C16H15N3O/c1-11-8-9-15(20-11)12(2)18-19-14-7-3-5-13-6-4-10-17-16(13)14/h3-10,19H,1-2H3. The molecular formula is C16H15N3O. The molecule has 0 radical (unpaired) electrons. The number of fused-ring (bicyclic) bond motifs is 1. The first-order valence-electron chi connectivity index (χ1n) is 6.45. The number of aromatic nitrogens is 1. The zero-order valence-electron chi connectivity index (χ0n) is 11.4. The smallest absolute Gasteiger partial charge is 0.149 e. The summed E-state index contributed by atoms with van der Waals surface area (Å²) in [5, 5.41) is 5.44. The van der Waals surface area contributed by atoms with Crippen LogP contribution < -0.4 is 5.43 Å². The predicted molar refractivity (Wildman–Crippen MR) is 81.0 cm³/mol. The largest absolute Gasteiger partial charge is 0.460 e. The highest BCUT2D eigenvalue weighted by Gasteiger charge is 2.04. The summed E-state index contributed by atoms with van der Waals surface area (Å²) in [6.45, 7) is 3.82. The maximum absolute atomic E-state index is 5.53. The number of rotatable bonds is 3. The first-order chi connectivity index (χ1) is 9.74. The Morgan fingerprint density at radius 1 is 1.15 bits per heavy atom. The Kier molecular flexibility index (Phi) is 3.21. The van der Waals surface area contributed by atoms with Crippen molar-refractivity contribution in [2.75, 3.05) is 5.43 Å². The number of pyridine rings is 1. The molecule has 0 atom stereocenters. The van der Waals surface area contributed by atoms with Gasteiger partial charge in [0.25, 0.3) is 0 Å². The van der Waals surface area contributed by atoms with E-state index in [9.17, 15) is 0 Å². The van der Waals surface area contributed by atoms with Gasteiger partial charge in [0.1, 0.15) is 17.2 Å². The lowest BCUT2D eigenvalue weighted by Crippen LogP contribution is -1.99. The van der Waals surface area contributed by atoms with E-state index in [0.717, 1.165) is 33.8 Å². The lowest BCUT2D eigenvalue weighted by Gasteiger charge is -2.05. The monoisotopic (exact) mass is 265 g/mol. The molecule has 4 heteroatoms. The van der Waals surface area contributed by atoms with Crippen LogP contribution in [0, 0.1) is 6.92 Å². The highest BCUT2D eigenvalue weighted by atomic mass is 16.3. The van der Waals surface area contributed by atoms with Gasteiger partial charge in [-0.2, -0.15) is 5.10 Å². The summed E-state index contributed by atoms with van der Waals surface area (Å²) in [5.41, 5.74) is 5.64. The minimum absolute atomic E-state index is 0.767. The molecule has 0 aliphatic heterocycles. The predicted octanol–water partition coefficient (Wildman–Crippen LogP) is 3.97. The molecule has 0 aliphatic carbocycles. The summed E-state index contributed by atoms with van der Waals surface area (Å²) < 4.78 is 5.53. The van der Waals surface area contributed by atoms with Gasteiger partial charge in [-0.15, -0.1) is 0 Å². The second kappa shape index (κ2) is 5.17. The Hall–Kier alpha value is -2.62. The van der Waals surface area contributed by atoms with Crippen LogP contribution in [0.1, 0.15) is 18.4 Å². The first-order valence-corrected chi connectivity index (χ1v) is 6.45. The lowest BCUT2D eigenvalue weighted by atomic mass is 10.2. The third kappa shape index (κ3) is 2.40. The summed E-state index contributed by atoms with van der Waals surface area (Å²) in [6.07, 6.45) is 1.78. The molecule has 0 amide bonds. The fourth-order valence-electron chi connectivity index (χ4n) is 2.02. The molecule has 20 heavy (non-hydrogen) atoms. The maximum Gasteiger partial charge on any atom is 0.149 e. The molecule has 0 unspecified atom stereocenters. The molecule has 1 aromatic carbocycles. The molecule has 0 fully saturated rings. The first kappa shape index (κ1) is 12.4. The number of hydrazone groups is 1. The number of nitrogens with zero attached hydrogens (tertiary/aromatic N) is 2. The molecule has 0 bridgehead atoms. The van der Waals surface area contributed by atoms with Crippen LogP contribution in [-0.2, 0) is 0 Å². The van der Waals surface area contributed by atoms with Crippen molar-refractivity contribution in [3.63, 3.8) is 0 Å². The normalized spacial score (nSPS) is 11.8. The average molecular weight is 265 g/mol. The van der Waals surface area contributed by atoms with Crippen LogP contribution in [-0.4, -0.2) is 10.7 Å². The van der Waals surface area contributed by atoms with E-state index in [1.54, 1.807) is 6.20 Å². The quantitative estimate of drug-likeness (QED) is 0.575. The molecule has 2 aromatic heterocycles. The molecule has 2 heterocycles. The van der Waals surface area contributed by atoms with Crippen LogP contribution >= 0.6 is 0 Å². The Morgan fingerprint density at radius 3 is 2.80 bits per heavy atom. The molecule has 3 aromatic rings. The van der Waals surface area contributed by atoms with E-state index in [1.807, 2.05) is 56.3 Å². The highest BCUT2D eigenvalue weighted by Crippen LogP contribution is 2.20. The van der Waals surface area contributed by atoms with Gasteiger partial charge < -0.3 is 4.42 Å². The molecule has 1 N–H and O–H groups in total. The van der Waals surface area contributed by atoms with E-state index >= 15 is 0 Å². The molecule has 3 rings (SSSR count). The number of anilines is 1. The van der Waals surface area contributed by atoms with Gasteiger partial charge in [0.2, 0.25) is 0 Å². The fraction of sp³-hybridized carbons (Fsp3) is 0.125. The maximum atomic E-state index is 5.53. The second-order valence-electron chi connectivity index (χ2n) is 4.60. The van der Waals surface area contributed by atoms with Crippen molar-refractivity contribution in [2.45, 2.75) is 13.8 Å². The van der Waals surface area contributed by atoms with Crippen molar-refractivity contribution in [3.05, 3.63) is 60.2 Å². The van der Waals surface area contributed by atoms with E-state index < -0.39 is 0 Å². The number of para-hydroxylation sites is 1. The summed E-state index contributed by atoms with van der Waals surface area (Å²) >= 11 is 0. The van der Waals surface area contributed by atoms with Crippen LogP contribution in [0.15, 0.2) is 58.2 Å². The van der Waals surface area contributed by atoms with Crippen molar-refractivity contribution in [2.24, 2.45) is 5.10 Å². The van der Waals surface area contributed by atoms with Gasteiger partial charge in [0.05, 0.1) is 11.2 Å². The van der Waals surface area contributed by atoms with Gasteiger partial charge in [0, 0.05) is 11.6 Å². The Morgan fingerprint density at radius 2 is 2.00 bits per heavy atom. The average Bonchev–Trinajstić information content (AvgIpc) is 2.91. The Labute approximate surface area is 117 Å². The summed E-state index contributed by atoms with van der Waals surface area (Å²) in [5.74, 6) is 1.64. The number of benzene rings is 1. The van der Waals surface area contributed by atoms with Gasteiger partial charge in [0.15, 0.2) is 0 Å². The summed E-state index contributed by atoms with van der Waals surface area (Å²) in [4.78, 5) is 4.38. The van der Waals surface area contributed by atoms with Gasteiger partial charge in [-0.25, -0.2) is 0 Å². The van der Waals surface area contributed by atoms with E-state index in [4.69, 9.17) is 4.42 Å². The molecule has 0 saturated heterocycles. The molecule has 100 valence electrons. The molecule has 0 aliphatic rings. The number of hydrogen-bond donors (Lipinski definition) is 1. The van der Waals surface area contributed by atoms with Gasteiger partial charge in [-0.1, -0.05) is 18.2 Å². The second-order valence-corrected chi connectivity index (χ2v) is 4.60. The summed E-state index contributed by atoms with van der Waals surface area (Å²) in [6, 6.07) is 13.8. The van der Waals surface area contributed by atoms with Gasteiger partial charge in [-0.3, -0.25) is 10.4 Å². The van der Waals surface area contributed by atoms with Crippen molar-refractivity contribution in [1.82, 2.24) is 4.98 Å². The minimum atomic E-state index is 0.767. The molecule has 4 nitrogen and oxygen atoms in total. The van der Waals surface area contributed by atoms with Crippen molar-refractivity contribution in [3.8, 4) is 0 Å². The Balaban J connectivity index is 1.90. The molecular weight excluding hydrogens is 250 g/mol. The number of aryl methyl sites for hydroxylation is 1. The van der Waals surface area contributed by atoms with Gasteiger partial charge in [-0.05, 0) is 38.1 Å². The Bertz CT molecular complexity index is 769. The summed E-state index contributed by atoms with van der Waals surface area (Å²) in [7, 11) is 0. The zero-order valence-corrected chi connectivity index (χ0v) is 11.4. The minimum Gasteiger partial charge on any atom is -0.460 e. The van der Waals surface area contributed by atoms with Gasteiger partial charge >= 0.3 is 0 Å². The topological polar surface area (TPSA) is 50.4 Å². The van der Waals surface area contributed by atoms with Crippen molar-refractivity contribution >= 4 is 22.3 Å². The van der Waals surface area contributed by atoms with Crippen LogP contribution in [0.2, 0.25) is 0 Å². The fourth-order valence-corrected chi connectivity index (χ4v) is 2.02. The third-order valence-electron chi connectivity index (χ3n) is 3.07. The van der Waals surface area contributed by atoms with E-state index in [2.05, 4.69) is 15.5 Å². The number of hydrogen-bond acceptors (Lipinski definition) is 4. The van der Waals surface area contributed by atoms with E-state index in [-0.39, 0.29) is 0 Å². The zero-order chi connectivity index (χ0) is 13.9. The van der Waals surface area contributed by atoms with Crippen LogP contribution in [0.5, 0.6) is 0 Å². The number of furan rings is 1. The third-order valence-corrected chi connectivity index (χ3v) is 3.07. The van der Waals surface area contributed by atoms with Crippen molar-refractivity contribution in [1.29, 1.82) is 0 Å².